The second kappa shape index (κ2) is 10.4. The average Bonchev–Trinajstić information content (AvgIpc) is 2.47. The number of nitrogens with two attached hydrogens (primary N) is 1. The van der Waals surface area contributed by atoms with Crippen molar-refractivity contribution in [1.82, 2.24) is 5.32 Å². The number of carbonyl (C=O) groups excluding carboxylic acids is 1. The fourth-order valence-electron chi connectivity index (χ4n) is 2.59. The lowest BCUT2D eigenvalue weighted by molar-refractivity contribution is -0.121. The summed E-state index contributed by atoms with van der Waals surface area (Å²) in [6.45, 7) is 7.24. The Bertz CT molecular complexity index is 426. The summed E-state index contributed by atoms with van der Waals surface area (Å²) in [4.78, 5) is 11.9. The van der Waals surface area contributed by atoms with Gasteiger partial charge < -0.3 is 11.1 Å². The van der Waals surface area contributed by atoms with E-state index < -0.39 is 0 Å². The number of amides is 1. The summed E-state index contributed by atoms with van der Waals surface area (Å²) >= 11 is 0. The number of carbonyl (C=O) groups is 1. The number of rotatable bonds is 10. The molecule has 0 aliphatic carbocycles. The molecule has 1 unspecified atom stereocenters. The van der Waals surface area contributed by atoms with Crippen LogP contribution in [0.15, 0.2) is 24.3 Å². The predicted molar refractivity (Wildman–Crippen MR) is 93.7 cm³/mol. The van der Waals surface area contributed by atoms with Crippen molar-refractivity contribution in [2.45, 2.75) is 65.3 Å². The summed E-state index contributed by atoms with van der Waals surface area (Å²) in [6.07, 6.45) is 5.93. The quantitative estimate of drug-likeness (QED) is 0.643. The van der Waals surface area contributed by atoms with Gasteiger partial charge in [-0.1, -0.05) is 51.0 Å². The van der Waals surface area contributed by atoms with E-state index >= 15 is 0 Å². The Morgan fingerprint density at radius 2 is 1.68 bits per heavy atom. The maximum absolute atomic E-state index is 11.9. The largest absolute Gasteiger partial charge is 0.350 e. The van der Waals surface area contributed by atoms with Crippen LogP contribution in [0.3, 0.4) is 0 Å². The van der Waals surface area contributed by atoms with Crippen LogP contribution in [-0.2, 0) is 11.2 Å². The molecule has 1 amide bonds. The third kappa shape index (κ3) is 7.60. The standard InChI is InChI=1S/C19H32N2O/c1-15(2)14-17-9-11-18(12-10-17)16(3)21-19(22)8-6-4-5-7-13-20/h9-12,15-16H,4-8,13-14,20H2,1-3H3,(H,21,22). The van der Waals surface area contributed by atoms with Gasteiger partial charge >= 0.3 is 0 Å². The summed E-state index contributed by atoms with van der Waals surface area (Å²) < 4.78 is 0. The number of hydrogen-bond acceptors (Lipinski definition) is 2. The molecule has 124 valence electrons. The van der Waals surface area contributed by atoms with Crippen molar-refractivity contribution in [2.75, 3.05) is 6.54 Å². The highest BCUT2D eigenvalue weighted by atomic mass is 16.1. The lowest BCUT2D eigenvalue weighted by Gasteiger charge is -2.15. The molecule has 0 radical (unpaired) electrons. The molecule has 1 aromatic rings. The Morgan fingerprint density at radius 3 is 2.27 bits per heavy atom. The van der Waals surface area contributed by atoms with Gasteiger partial charge in [-0.2, -0.15) is 0 Å². The summed E-state index contributed by atoms with van der Waals surface area (Å²) in [6, 6.07) is 8.67. The molecule has 3 nitrogen and oxygen atoms in total. The van der Waals surface area contributed by atoms with Crippen LogP contribution >= 0.6 is 0 Å². The predicted octanol–water partition coefficient (Wildman–Crippen LogP) is 3.97. The van der Waals surface area contributed by atoms with Crippen molar-refractivity contribution in [2.24, 2.45) is 11.7 Å². The van der Waals surface area contributed by atoms with Crippen molar-refractivity contribution >= 4 is 5.91 Å². The molecule has 0 saturated heterocycles. The van der Waals surface area contributed by atoms with Crippen LogP contribution in [0, 0.1) is 5.92 Å². The van der Waals surface area contributed by atoms with Crippen molar-refractivity contribution in [3.63, 3.8) is 0 Å². The van der Waals surface area contributed by atoms with Gasteiger partial charge in [0.05, 0.1) is 6.04 Å². The second-order valence-corrected chi connectivity index (χ2v) is 6.58. The minimum absolute atomic E-state index is 0.0737. The Morgan fingerprint density at radius 1 is 1.05 bits per heavy atom. The zero-order valence-corrected chi connectivity index (χ0v) is 14.4. The van der Waals surface area contributed by atoms with Gasteiger partial charge in [0, 0.05) is 6.42 Å². The zero-order chi connectivity index (χ0) is 16.4. The van der Waals surface area contributed by atoms with E-state index in [-0.39, 0.29) is 11.9 Å². The van der Waals surface area contributed by atoms with Crippen LogP contribution in [0.1, 0.15) is 70.0 Å². The SMILES string of the molecule is CC(C)Cc1ccc(C(C)NC(=O)CCCCCCN)cc1. The highest BCUT2D eigenvalue weighted by Crippen LogP contribution is 2.16. The first kappa shape index (κ1) is 18.7. The van der Waals surface area contributed by atoms with E-state index in [0.29, 0.717) is 12.3 Å². The second-order valence-electron chi connectivity index (χ2n) is 6.58. The molecule has 0 saturated carbocycles. The van der Waals surface area contributed by atoms with Crippen LogP contribution in [0.25, 0.3) is 0 Å². The molecular formula is C19H32N2O. The molecule has 0 spiro atoms. The van der Waals surface area contributed by atoms with Gasteiger partial charge in [0.2, 0.25) is 5.91 Å². The first-order valence-corrected chi connectivity index (χ1v) is 8.61. The van der Waals surface area contributed by atoms with E-state index in [1.54, 1.807) is 0 Å². The lowest BCUT2D eigenvalue weighted by atomic mass is 10.00. The lowest BCUT2D eigenvalue weighted by Crippen LogP contribution is -2.26. The number of hydrogen-bond donors (Lipinski definition) is 2. The first-order valence-electron chi connectivity index (χ1n) is 8.61. The van der Waals surface area contributed by atoms with Crippen molar-refractivity contribution in [3.8, 4) is 0 Å². The molecule has 0 fully saturated rings. The third-order valence-corrected chi connectivity index (χ3v) is 3.86. The Hall–Kier alpha value is -1.35. The van der Waals surface area contributed by atoms with Crippen molar-refractivity contribution < 1.29 is 4.79 Å². The maximum atomic E-state index is 11.9. The fraction of sp³-hybridized carbons (Fsp3) is 0.632. The molecule has 0 aromatic heterocycles. The van der Waals surface area contributed by atoms with Gasteiger partial charge in [0.15, 0.2) is 0 Å². The molecule has 0 heterocycles. The molecule has 0 aliphatic rings. The van der Waals surface area contributed by atoms with E-state index in [1.807, 2.05) is 6.92 Å². The molecule has 0 aliphatic heterocycles. The maximum Gasteiger partial charge on any atom is 0.220 e. The number of benzene rings is 1. The molecule has 1 aromatic carbocycles. The monoisotopic (exact) mass is 304 g/mol. The van der Waals surface area contributed by atoms with Crippen LogP contribution < -0.4 is 11.1 Å². The van der Waals surface area contributed by atoms with Gasteiger partial charge in [-0.15, -0.1) is 0 Å². The molecule has 3 N–H and O–H groups in total. The van der Waals surface area contributed by atoms with Crippen molar-refractivity contribution in [3.05, 3.63) is 35.4 Å². The summed E-state index contributed by atoms with van der Waals surface area (Å²) in [5.74, 6) is 0.814. The summed E-state index contributed by atoms with van der Waals surface area (Å²) in [7, 11) is 0. The van der Waals surface area contributed by atoms with Crippen LogP contribution in [0.2, 0.25) is 0 Å². The fourth-order valence-corrected chi connectivity index (χ4v) is 2.59. The molecule has 0 bridgehead atoms. The highest BCUT2D eigenvalue weighted by Gasteiger charge is 2.09. The number of nitrogens with one attached hydrogen (secondary N) is 1. The molecular weight excluding hydrogens is 272 g/mol. The normalized spacial score (nSPS) is 12.4. The van der Waals surface area contributed by atoms with Gasteiger partial charge in [-0.05, 0) is 49.8 Å². The molecule has 3 heteroatoms. The summed E-state index contributed by atoms with van der Waals surface area (Å²) in [5.41, 5.74) is 7.99. The van der Waals surface area contributed by atoms with Crippen LogP contribution in [0.5, 0.6) is 0 Å². The minimum atomic E-state index is 0.0737. The zero-order valence-electron chi connectivity index (χ0n) is 14.4. The van der Waals surface area contributed by atoms with E-state index in [9.17, 15) is 4.79 Å². The van der Waals surface area contributed by atoms with Gasteiger partial charge in [0.1, 0.15) is 0 Å². The molecule has 1 rings (SSSR count). The van der Waals surface area contributed by atoms with E-state index in [4.69, 9.17) is 5.73 Å². The Labute approximate surface area is 135 Å². The van der Waals surface area contributed by atoms with E-state index in [0.717, 1.165) is 38.6 Å². The van der Waals surface area contributed by atoms with Gasteiger partial charge in [-0.3, -0.25) is 4.79 Å². The van der Waals surface area contributed by atoms with Crippen LogP contribution in [-0.4, -0.2) is 12.5 Å². The van der Waals surface area contributed by atoms with Gasteiger partial charge in [0.25, 0.3) is 0 Å². The smallest absolute Gasteiger partial charge is 0.220 e. The van der Waals surface area contributed by atoms with Crippen molar-refractivity contribution in [1.29, 1.82) is 0 Å². The topological polar surface area (TPSA) is 55.1 Å². The van der Waals surface area contributed by atoms with E-state index in [1.165, 1.54) is 11.1 Å². The highest BCUT2D eigenvalue weighted by molar-refractivity contribution is 5.76. The molecule has 1 atom stereocenters. The molecule has 22 heavy (non-hydrogen) atoms. The Kier molecular flexibility index (Phi) is 8.83. The minimum Gasteiger partial charge on any atom is -0.350 e. The first-order chi connectivity index (χ1) is 10.5. The summed E-state index contributed by atoms with van der Waals surface area (Å²) in [5, 5.41) is 3.08. The van der Waals surface area contributed by atoms with E-state index in [2.05, 4.69) is 43.4 Å². The Balaban J connectivity index is 2.34. The van der Waals surface area contributed by atoms with Gasteiger partial charge in [-0.25, -0.2) is 0 Å². The average molecular weight is 304 g/mol. The third-order valence-electron chi connectivity index (χ3n) is 3.86. The number of unbranched alkanes of at least 4 members (excludes halogenated alkanes) is 3. The van der Waals surface area contributed by atoms with Crippen LogP contribution in [0.4, 0.5) is 0 Å².